The number of rotatable bonds is 7. The number of carbonyl (C=O) groups excluding carboxylic acids is 1. The van der Waals surface area contributed by atoms with Gasteiger partial charge in [0.05, 0.1) is 5.57 Å². The van der Waals surface area contributed by atoms with E-state index in [4.69, 9.17) is 0 Å². The maximum atomic E-state index is 13.4. The first-order valence-electron chi connectivity index (χ1n) is 11.6. The second kappa shape index (κ2) is 8.86. The maximum Gasteiger partial charge on any atom is 0.167 e. The summed E-state index contributed by atoms with van der Waals surface area (Å²) < 4.78 is 0. The van der Waals surface area contributed by atoms with Gasteiger partial charge in [-0.25, -0.2) is 0 Å². The van der Waals surface area contributed by atoms with Crippen molar-refractivity contribution >= 4 is 23.1 Å². The molecule has 0 bridgehead atoms. The van der Waals surface area contributed by atoms with Crippen molar-refractivity contribution in [1.82, 2.24) is 0 Å². The summed E-state index contributed by atoms with van der Waals surface area (Å²) >= 11 is 1.90. The molecule has 164 valence electrons. The molecule has 0 saturated heterocycles. The van der Waals surface area contributed by atoms with Crippen LogP contribution in [-0.4, -0.2) is 16.6 Å². The summed E-state index contributed by atoms with van der Waals surface area (Å²) in [4.78, 5) is 14.7. The Morgan fingerprint density at radius 3 is 2.10 bits per heavy atom. The Hall–Kier alpha value is -2.00. The van der Waals surface area contributed by atoms with Gasteiger partial charge in [-0.05, 0) is 79.7 Å². The van der Waals surface area contributed by atoms with Crippen LogP contribution in [0.4, 0.5) is 0 Å². The summed E-state index contributed by atoms with van der Waals surface area (Å²) in [5.41, 5.74) is 6.67. The van der Waals surface area contributed by atoms with Crippen LogP contribution in [0.15, 0.2) is 47.1 Å². The molecule has 4 rings (SSSR count). The van der Waals surface area contributed by atoms with Gasteiger partial charge in [-0.1, -0.05) is 49.2 Å². The first-order chi connectivity index (χ1) is 14.9. The molecule has 2 aliphatic rings. The van der Waals surface area contributed by atoms with Gasteiger partial charge in [-0.3, -0.25) is 4.79 Å². The number of aryl methyl sites for hydroxylation is 4. The molecule has 31 heavy (non-hydrogen) atoms. The molecule has 1 unspecified atom stereocenters. The number of thioether (sulfide) groups is 1. The second-order valence-corrected chi connectivity index (χ2v) is 10.5. The summed E-state index contributed by atoms with van der Waals surface area (Å²) in [7, 11) is 0. The molecule has 1 saturated carbocycles. The van der Waals surface area contributed by atoms with Crippen molar-refractivity contribution in [3.63, 3.8) is 0 Å². The number of aliphatic hydroxyl groups excluding tert-OH is 1. The van der Waals surface area contributed by atoms with E-state index >= 15 is 0 Å². The SMILES string of the molecule is CCc1cc(C)cc(CC)c1C1=C(O)CC(C2(CSc3ccc(C)cc3)CC2)CC1=O. The normalized spacial score (nSPS) is 20.3. The van der Waals surface area contributed by atoms with E-state index in [-0.39, 0.29) is 17.1 Å². The molecule has 0 amide bonds. The van der Waals surface area contributed by atoms with Crippen molar-refractivity contribution in [3.05, 3.63) is 70.0 Å². The molecule has 0 aromatic heterocycles. The van der Waals surface area contributed by atoms with Gasteiger partial charge in [-0.15, -0.1) is 11.8 Å². The summed E-state index contributed by atoms with van der Waals surface area (Å²) in [6, 6.07) is 13.0. The molecule has 3 heteroatoms. The van der Waals surface area contributed by atoms with Crippen molar-refractivity contribution in [1.29, 1.82) is 0 Å². The topological polar surface area (TPSA) is 37.3 Å². The lowest BCUT2D eigenvalue weighted by Crippen LogP contribution is -2.28. The minimum atomic E-state index is 0.133. The third kappa shape index (κ3) is 4.48. The number of hydrogen-bond donors (Lipinski definition) is 1. The van der Waals surface area contributed by atoms with Gasteiger partial charge in [0.25, 0.3) is 0 Å². The van der Waals surface area contributed by atoms with E-state index in [2.05, 4.69) is 64.1 Å². The molecule has 1 atom stereocenters. The molecule has 0 spiro atoms. The largest absolute Gasteiger partial charge is 0.512 e. The standard InChI is InChI=1S/C28H34O2S/c1-5-20-13-19(4)14-21(6-2)26(20)27-24(29)15-22(16-25(27)30)28(11-12-28)17-31-23-9-7-18(3)8-10-23/h7-10,13-14,22,29H,5-6,11-12,15-17H2,1-4H3. The van der Waals surface area contributed by atoms with Crippen molar-refractivity contribution in [3.8, 4) is 0 Å². The zero-order valence-corrected chi connectivity index (χ0v) is 20.1. The van der Waals surface area contributed by atoms with Crippen LogP contribution in [0.3, 0.4) is 0 Å². The summed E-state index contributed by atoms with van der Waals surface area (Å²) in [6.07, 6.45) is 5.27. The van der Waals surface area contributed by atoms with Gasteiger partial charge < -0.3 is 5.11 Å². The quantitative estimate of drug-likeness (QED) is 0.466. The number of allylic oxidation sites excluding steroid dienone is 2. The van der Waals surface area contributed by atoms with Gasteiger partial charge in [-0.2, -0.15) is 0 Å². The van der Waals surface area contributed by atoms with Crippen LogP contribution in [0.2, 0.25) is 0 Å². The fourth-order valence-electron chi connectivity index (χ4n) is 5.12. The Kier molecular flexibility index (Phi) is 6.35. The Bertz CT molecular complexity index is 987. The smallest absolute Gasteiger partial charge is 0.167 e. The zero-order chi connectivity index (χ0) is 22.2. The van der Waals surface area contributed by atoms with E-state index in [1.807, 2.05) is 11.8 Å². The zero-order valence-electron chi connectivity index (χ0n) is 19.3. The highest BCUT2D eigenvalue weighted by Crippen LogP contribution is 2.59. The molecule has 0 radical (unpaired) electrons. The molecule has 2 aliphatic carbocycles. The molecule has 1 N–H and O–H groups in total. The second-order valence-electron chi connectivity index (χ2n) is 9.48. The van der Waals surface area contributed by atoms with E-state index in [0.29, 0.717) is 24.2 Å². The molecule has 2 aromatic carbocycles. The van der Waals surface area contributed by atoms with E-state index in [1.54, 1.807) is 0 Å². The molecule has 0 heterocycles. The van der Waals surface area contributed by atoms with Crippen molar-refractivity contribution in [2.75, 3.05) is 5.75 Å². The van der Waals surface area contributed by atoms with Gasteiger partial charge in [0.1, 0.15) is 5.76 Å². The number of ketones is 1. The fourth-order valence-corrected chi connectivity index (χ4v) is 6.43. The van der Waals surface area contributed by atoms with Gasteiger partial charge >= 0.3 is 0 Å². The number of hydrogen-bond acceptors (Lipinski definition) is 3. The molecule has 1 fully saturated rings. The fraction of sp³-hybridized carbons (Fsp3) is 0.464. The van der Waals surface area contributed by atoms with Gasteiger partial charge in [0, 0.05) is 23.5 Å². The molecule has 2 nitrogen and oxygen atoms in total. The molecular formula is C28H34O2S. The lowest BCUT2D eigenvalue weighted by molar-refractivity contribution is -0.115. The van der Waals surface area contributed by atoms with Crippen LogP contribution >= 0.6 is 11.8 Å². The van der Waals surface area contributed by atoms with Gasteiger partial charge in [0.15, 0.2) is 5.78 Å². The van der Waals surface area contributed by atoms with Crippen LogP contribution in [0.5, 0.6) is 0 Å². The van der Waals surface area contributed by atoms with Crippen molar-refractivity contribution in [2.45, 2.75) is 71.1 Å². The van der Waals surface area contributed by atoms with E-state index < -0.39 is 0 Å². The number of carbonyl (C=O) groups is 1. The van der Waals surface area contributed by atoms with Crippen LogP contribution in [0, 0.1) is 25.2 Å². The average Bonchev–Trinajstić information content (AvgIpc) is 3.54. The predicted molar refractivity (Wildman–Crippen MR) is 131 cm³/mol. The molecule has 2 aromatic rings. The number of benzene rings is 2. The van der Waals surface area contributed by atoms with Crippen LogP contribution < -0.4 is 0 Å². The molecular weight excluding hydrogens is 400 g/mol. The van der Waals surface area contributed by atoms with Crippen molar-refractivity contribution in [2.24, 2.45) is 11.3 Å². The highest BCUT2D eigenvalue weighted by molar-refractivity contribution is 7.99. The van der Waals surface area contributed by atoms with E-state index in [1.165, 1.54) is 27.1 Å². The lowest BCUT2D eigenvalue weighted by atomic mass is 9.74. The maximum absolute atomic E-state index is 13.4. The van der Waals surface area contributed by atoms with Crippen LogP contribution in [0.1, 0.15) is 67.3 Å². The third-order valence-corrected chi connectivity index (χ3v) is 8.53. The Morgan fingerprint density at radius 1 is 0.968 bits per heavy atom. The molecule has 0 aliphatic heterocycles. The first kappa shape index (κ1) is 22.2. The monoisotopic (exact) mass is 434 g/mol. The first-order valence-corrected chi connectivity index (χ1v) is 12.6. The van der Waals surface area contributed by atoms with Crippen molar-refractivity contribution < 1.29 is 9.90 Å². The number of aliphatic hydroxyl groups is 1. The summed E-state index contributed by atoms with van der Waals surface area (Å²) in [5.74, 6) is 1.73. The average molecular weight is 435 g/mol. The minimum Gasteiger partial charge on any atom is -0.512 e. The minimum absolute atomic E-state index is 0.133. The summed E-state index contributed by atoms with van der Waals surface area (Å²) in [5, 5.41) is 11.1. The summed E-state index contributed by atoms with van der Waals surface area (Å²) in [6.45, 7) is 8.48. The Morgan fingerprint density at radius 2 is 1.58 bits per heavy atom. The highest BCUT2D eigenvalue weighted by atomic mass is 32.2. The Labute approximate surface area is 191 Å². The number of Topliss-reactive ketones (excluding diaryl/α,β-unsaturated/α-hetero) is 1. The van der Waals surface area contributed by atoms with Crippen LogP contribution in [-0.2, 0) is 17.6 Å². The lowest BCUT2D eigenvalue weighted by Gasteiger charge is -2.31. The van der Waals surface area contributed by atoms with Gasteiger partial charge in [0.2, 0.25) is 0 Å². The highest BCUT2D eigenvalue weighted by Gasteiger charge is 2.51. The third-order valence-electron chi connectivity index (χ3n) is 7.20. The van der Waals surface area contributed by atoms with Crippen LogP contribution in [0.25, 0.3) is 5.57 Å². The predicted octanol–water partition coefficient (Wildman–Crippen LogP) is 7.25. The van der Waals surface area contributed by atoms with E-state index in [9.17, 15) is 9.90 Å². The van der Waals surface area contributed by atoms with E-state index in [0.717, 1.165) is 37.0 Å². The Balaban J connectivity index is 1.58.